The van der Waals surface area contributed by atoms with E-state index in [0.29, 0.717) is 16.5 Å². The number of hydrogen-bond acceptors (Lipinski definition) is 6. The number of H-pyrrole nitrogens is 1. The predicted molar refractivity (Wildman–Crippen MR) is 109 cm³/mol. The number of carbonyl (C=O) groups excluding carboxylic acids is 2. The maximum Gasteiger partial charge on any atom is 0.322 e. The number of rotatable bonds is 5. The minimum atomic E-state index is -4.05. The molecule has 3 rings (SSSR count). The molecule has 2 aromatic carbocycles. The fourth-order valence-corrected chi connectivity index (χ4v) is 4.47. The first-order valence-electron chi connectivity index (χ1n) is 8.82. The quantitative estimate of drug-likeness (QED) is 0.434. The predicted octanol–water partition coefficient (Wildman–Crippen LogP) is 1.32. The van der Waals surface area contributed by atoms with Gasteiger partial charge in [0.05, 0.1) is 20.9 Å². The van der Waals surface area contributed by atoms with E-state index in [0.717, 1.165) is 5.56 Å². The van der Waals surface area contributed by atoms with Crippen molar-refractivity contribution >= 4 is 44.2 Å². The van der Waals surface area contributed by atoms with Gasteiger partial charge in [0.1, 0.15) is 12.6 Å². The first-order valence-corrected chi connectivity index (χ1v) is 10.3. The average molecular weight is 440 g/mol. The van der Waals surface area contributed by atoms with E-state index in [1.54, 1.807) is 13.0 Å². The zero-order chi connectivity index (χ0) is 22.8. The zero-order valence-corrected chi connectivity index (χ0v) is 16.9. The Morgan fingerprint density at radius 3 is 2.58 bits per heavy atom. The van der Waals surface area contributed by atoms with Crippen molar-refractivity contribution in [3.05, 3.63) is 53.7 Å². The second kappa shape index (κ2) is 8.29. The number of carboxylic acid groups (broad SMARTS) is 1. The van der Waals surface area contributed by atoms with Crippen molar-refractivity contribution in [2.24, 2.45) is 0 Å². The highest BCUT2D eigenvalue weighted by molar-refractivity contribution is 7.91. The van der Waals surface area contributed by atoms with Crippen molar-refractivity contribution in [2.45, 2.75) is 16.7 Å². The van der Waals surface area contributed by atoms with E-state index < -0.39 is 34.2 Å². The van der Waals surface area contributed by atoms with Gasteiger partial charge in [-0.25, -0.2) is 8.42 Å². The maximum atomic E-state index is 13.2. The summed E-state index contributed by atoms with van der Waals surface area (Å²) in [4.78, 5) is 36.7. The lowest BCUT2D eigenvalue weighted by Crippen LogP contribution is -2.38. The fraction of sp³-hybridized carbons (Fsp3) is 0.100. The number of aromatic nitrogens is 1. The van der Waals surface area contributed by atoms with Gasteiger partial charge in [-0.15, -0.1) is 0 Å². The van der Waals surface area contributed by atoms with E-state index in [-0.39, 0.29) is 15.5 Å². The summed E-state index contributed by atoms with van der Waals surface area (Å²) in [6.07, 6.45) is 1.43. The van der Waals surface area contributed by atoms with Crippen LogP contribution in [0.3, 0.4) is 0 Å². The van der Waals surface area contributed by atoms with Crippen LogP contribution in [-0.4, -0.2) is 42.8 Å². The highest BCUT2D eigenvalue weighted by Gasteiger charge is 2.24. The summed E-state index contributed by atoms with van der Waals surface area (Å²) < 4.78 is 26.5. The summed E-state index contributed by atoms with van der Waals surface area (Å²) in [5.41, 5.74) is 1.38. The molecule has 0 saturated heterocycles. The molecule has 0 unspecified atom stereocenters. The maximum absolute atomic E-state index is 13.2. The molecule has 0 atom stereocenters. The van der Waals surface area contributed by atoms with Gasteiger partial charge in [-0.1, -0.05) is 12.1 Å². The minimum Gasteiger partial charge on any atom is -0.480 e. The molecule has 0 saturated carbocycles. The van der Waals surface area contributed by atoms with Crippen LogP contribution in [0.2, 0.25) is 0 Å². The number of nitrogens with zero attached hydrogens (tertiary/aromatic N) is 1. The molecule has 1 aromatic heterocycles. The Balaban J connectivity index is 1.95. The van der Waals surface area contributed by atoms with Gasteiger partial charge in [-0.2, -0.15) is 5.26 Å². The number of amides is 2. The van der Waals surface area contributed by atoms with Crippen molar-refractivity contribution in [1.82, 2.24) is 10.3 Å². The van der Waals surface area contributed by atoms with Crippen LogP contribution in [0.15, 0.2) is 52.4 Å². The lowest BCUT2D eigenvalue weighted by atomic mass is 10.1. The van der Waals surface area contributed by atoms with Gasteiger partial charge in [-0.05, 0) is 36.8 Å². The summed E-state index contributed by atoms with van der Waals surface area (Å²) in [5, 5.41) is 22.5. The molecule has 0 spiro atoms. The number of aryl methyl sites for hydroxylation is 1. The average Bonchev–Trinajstić information content (AvgIpc) is 3.17. The number of nitriles is 1. The van der Waals surface area contributed by atoms with E-state index in [1.807, 2.05) is 11.4 Å². The number of aromatic amines is 1. The number of anilines is 1. The summed E-state index contributed by atoms with van der Waals surface area (Å²) in [7, 11) is -4.05. The van der Waals surface area contributed by atoms with Crippen LogP contribution in [0.25, 0.3) is 10.9 Å². The van der Waals surface area contributed by atoms with Gasteiger partial charge in [0, 0.05) is 17.3 Å². The van der Waals surface area contributed by atoms with Crippen LogP contribution in [0.1, 0.15) is 11.1 Å². The number of aliphatic carboxylic acids is 1. The van der Waals surface area contributed by atoms with Crippen molar-refractivity contribution < 1.29 is 27.9 Å². The minimum absolute atomic E-state index is 0.0316. The van der Waals surface area contributed by atoms with Crippen molar-refractivity contribution in [3.8, 4) is 6.07 Å². The first kappa shape index (κ1) is 21.5. The molecular weight excluding hydrogens is 424 g/mol. The third-order valence-electron chi connectivity index (χ3n) is 4.42. The number of carboxylic acids is 1. The second-order valence-corrected chi connectivity index (χ2v) is 8.42. The zero-order valence-electron chi connectivity index (χ0n) is 16.1. The first-order chi connectivity index (χ1) is 14.6. The molecular formula is C20H16N4O6S. The lowest BCUT2D eigenvalue weighted by Gasteiger charge is -2.10. The van der Waals surface area contributed by atoms with Crippen molar-refractivity contribution in [3.63, 3.8) is 0 Å². The highest BCUT2D eigenvalue weighted by Crippen LogP contribution is 2.32. The third kappa shape index (κ3) is 4.24. The van der Waals surface area contributed by atoms with Crippen molar-refractivity contribution in [1.29, 1.82) is 5.26 Å². The summed E-state index contributed by atoms with van der Waals surface area (Å²) in [5.74, 6) is -3.63. The summed E-state index contributed by atoms with van der Waals surface area (Å²) in [6, 6.07) is 10.3. The Bertz CT molecular complexity index is 1370. The third-order valence-corrected chi connectivity index (χ3v) is 6.22. The van der Waals surface area contributed by atoms with E-state index in [1.165, 1.54) is 36.5 Å². The van der Waals surface area contributed by atoms with E-state index in [9.17, 15) is 28.1 Å². The molecule has 0 aliphatic rings. The molecule has 1 heterocycles. The van der Waals surface area contributed by atoms with Crippen LogP contribution in [0.5, 0.6) is 0 Å². The van der Waals surface area contributed by atoms with Gasteiger partial charge >= 0.3 is 17.8 Å². The van der Waals surface area contributed by atoms with E-state index in [4.69, 9.17) is 5.11 Å². The SMILES string of the molecule is Cc1ccc(S(=O)(=O)c2cccc(NC(=O)C(=O)NCC(=O)O)c2)c2[nH]cc(C#N)c12. The van der Waals surface area contributed by atoms with Gasteiger partial charge in [0.2, 0.25) is 9.84 Å². The Morgan fingerprint density at radius 2 is 1.90 bits per heavy atom. The molecule has 0 radical (unpaired) electrons. The molecule has 11 heteroatoms. The molecule has 4 N–H and O–H groups in total. The van der Waals surface area contributed by atoms with Gasteiger partial charge in [0.15, 0.2) is 0 Å². The number of benzene rings is 2. The largest absolute Gasteiger partial charge is 0.480 e. The Labute approximate surface area is 176 Å². The topological polar surface area (TPSA) is 169 Å². The molecule has 31 heavy (non-hydrogen) atoms. The number of carbonyl (C=O) groups is 3. The van der Waals surface area contributed by atoms with Crippen LogP contribution < -0.4 is 10.6 Å². The van der Waals surface area contributed by atoms with Crippen LogP contribution >= 0.6 is 0 Å². The smallest absolute Gasteiger partial charge is 0.322 e. The van der Waals surface area contributed by atoms with Crippen LogP contribution in [0.4, 0.5) is 5.69 Å². The highest BCUT2D eigenvalue weighted by atomic mass is 32.2. The fourth-order valence-electron chi connectivity index (χ4n) is 3.00. The standard InChI is InChI=1S/C20H16N4O6S/c1-11-5-6-15(18-17(11)12(8-21)9-22-18)31(29,30)14-4-2-3-13(7-14)24-20(28)19(27)23-10-16(25)26/h2-7,9,22H,10H2,1H3,(H,23,27)(H,24,28)(H,25,26). The van der Waals surface area contributed by atoms with E-state index in [2.05, 4.69) is 10.3 Å². The molecule has 10 nitrogen and oxygen atoms in total. The normalized spacial score (nSPS) is 11.0. The number of hydrogen-bond donors (Lipinski definition) is 4. The van der Waals surface area contributed by atoms with Crippen molar-refractivity contribution in [2.75, 3.05) is 11.9 Å². The molecule has 0 bridgehead atoms. The van der Waals surface area contributed by atoms with E-state index >= 15 is 0 Å². The molecule has 158 valence electrons. The molecule has 3 aromatic rings. The van der Waals surface area contributed by atoms with Gasteiger partial charge < -0.3 is 20.7 Å². The molecule has 0 aliphatic carbocycles. The Hall–Kier alpha value is -4.17. The van der Waals surface area contributed by atoms with Crippen LogP contribution in [-0.2, 0) is 24.2 Å². The number of fused-ring (bicyclic) bond motifs is 1. The number of nitrogens with one attached hydrogen (secondary N) is 3. The number of sulfone groups is 1. The second-order valence-electron chi connectivity index (χ2n) is 6.51. The summed E-state index contributed by atoms with van der Waals surface area (Å²) >= 11 is 0. The monoisotopic (exact) mass is 440 g/mol. The molecule has 0 aliphatic heterocycles. The Morgan fingerprint density at radius 1 is 1.16 bits per heavy atom. The molecule has 2 amide bonds. The van der Waals surface area contributed by atoms with Crippen LogP contribution in [0, 0.1) is 18.3 Å². The molecule has 0 fully saturated rings. The summed E-state index contributed by atoms with van der Waals surface area (Å²) in [6.45, 7) is 1.03. The lowest BCUT2D eigenvalue weighted by molar-refractivity contribution is -0.140. The Kier molecular flexibility index (Phi) is 5.76. The van der Waals surface area contributed by atoms with Gasteiger partial charge in [-0.3, -0.25) is 14.4 Å². The van der Waals surface area contributed by atoms with Gasteiger partial charge in [0.25, 0.3) is 0 Å².